The van der Waals surface area contributed by atoms with Crippen LogP contribution in [-0.2, 0) is 14.3 Å². The van der Waals surface area contributed by atoms with E-state index in [9.17, 15) is 9.59 Å². The Bertz CT molecular complexity index is 561. The summed E-state index contributed by atoms with van der Waals surface area (Å²) in [6.07, 6.45) is -1.75. The number of esters is 1. The minimum absolute atomic E-state index is 0.0269. The van der Waals surface area contributed by atoms with Crippen molar-refractivity contribution in [3.05, 3.63) is 29.8 Å². The standard InChI is InChI=1S/C16H20N2O4/c1-10(2)18-15(19)11(3)22-16(20)12(4)21-14-7-5-13(9-17)6-8-14/h5-8,10-12H,1-4H3,(H,18,19)/t11-,12+/m0/s1. The highest BCUT2D eigenvalue weighted by atomic mass is 16.6. The first-order chi connectivity index (χ1) is 10.3. The molecule has 0 bridgehead atoms. The zero-order chi connectivity index (χ0) is 16.7. The van der Waals surface area contributed by atoms with Crippen molar-refractivity contribution in [2.75, 3.05) is 0 Å². The molecule has 0 aliphatic heterocycles. The van der Waals surface area contributed by atoms with Gasteiger partial charge in [-0.25, -0.2) is 4.79 Å². The zero-order valence-corrected chi connectivity index (χ0v) is 13.1. The Balaban J connectivity index is 2.54. The van der Waals surface area contributed by atoms with Gasteiger partial charge in [0.25, 0.3) is 5.91 Å². The van der Waals surface area contributed by atoms with Crippen molar-refractivity contribution in [1.82, 2.24) is 5.32 Å². The van der Waals surface area contributed by atoms with Crippen molar-refractivity contribution < 1.29 is 19.1 Å². The molecular formula is C16H20N2O4. The number of nitrogens with one attached hydrogen (secondary N) is 1. The maximum Gasteiger partial charge on any atom is 0.347 e. The molecule has 1 amide bonds. The largest absolute Gasteiger partial charge is 0.479 e. The molecule has 6 nitrogen and oxygen atoms in total. The van der Waals surface area contributed by atoms with Gasteiger partial charge in [0.05, 0.1) is 11.6 Å². The monoisotopic (exact) mass is 304 g/mol. The molecular weight excluding hydrogens is 284 g/mol. The summed E-state index contributed by atoms with van der Waals surface area (Å²) in [4.78, 5) is 23.6. The van der Waals surface area contributed by atoms with Crippen LogP contribution in [0.2, 0.25) is 0 Å². The van der Waals surface area contributed by atoms with Gasteiger partial charge in [-0.3, -0.25) is 4.79 Å². The fraction of sp³-hybridized carbons (Fsp3) is 0.438. The summed E-state index contributed by atoms with van der Waals surface area (Å²) in [6.45, 7) is 6.68. The second-order valence-corrected chi connectivity index (χ2v) is 5.14. The Morgan fingerprint density at radius 3 is 2.18 bits per heavy atom. The number of carbonyl (C=O) groups excluding carboxylic acids is 2. The highest BCUT2D eigenvalue weighted by molar-refractivity contribution is 5.84. The predicted molar refractivity (Wildman–Crippen MR) is 80.1 cm³/mol. The van der Waals surface area contributed by atoms with Gasteiger partial charge in [0.2, 0.25) is 0 Å². The lowest BCUT2D eigenvalue weighted by Crippen LogP contribution is -2.41. The highest BCUT2D eigenvalue weighted by Gasteiger charge is 2.23. The summed E-state index contributed by atoms with van der Waals surface area (Å²) in [6, 6.07) is 8.33. The van der Waals surface area contributed by atoms with Crippen molar-refractivity contribution in [1.29, 1.82) is 5.26 Å². The van der Waals surface area contributed by atoms with Gasteiger partial charge in [-0.15, -0.1) is 0 Å². The minimum atomic E-state index is -0.887. The third-order valence-electron chi connectivity index (χ3n) is 2.72. The molecule has 0 unspecified atom stereocenters. The van der Waals surface area contributed by atoms with Crippen LogP contribution in [0, 0.1) is 11.3 Å². The van der Waals surface area contributed by atoms with Crippen LogP contribution in [0.15, 0.2) is 24.3 Å². The molecule has 0 spiro atoms. The minimum Gasteiger partial charge on any atom is -0.479 e. The molecule has 0 radical (unpaired) electrons. The number of nitriles is 1. The highest BCUT2D eigenvalue weighted by Crippen LogP contribution is 2.14. The predicted octanol–water partition coefficient (Wildman–Crippen LogP) is 1.78. The molecule has 0 fully saturated rings. The van der Waals surface area contributed by atoms with Gasteiger partial charge < -0.3 is 14.8 Å². The van der Waals surface area contributed by atoms with E-state index in [0.717, 1.165) is 0 Å². The summed E-state index contributed by atoms with van der Waals surface area (Å²) < 4.78 is 10.5. The van der Waals surface area contributed by atoms with E-state index in [1.807, 2.05) is 19.9 Å². The molecule has 0 saturated carbocycles. The normalized spacial score (nSPS) is 12.9. The van der Waals surface area contributed by atoms with Gasteiger partial charge in [0.1, 0.15) is 5.75 Å². The first-order valence-corrected chi connectivity index (χ1v) is 7.01. The lowest BCUT2D eigenvalue weighted by Gasteiger charge is -2.18. The molecule has 6 heteroatoms. The average molecular weight is 304 g/mol. The Morgan fingerprint density at radius 2 is 1.68 bits per heavy atom. The number of ether oxygens (including phenoxy) is 2. The van der Waals surface area contributed by atoms with Gasteiger partial charge in [0.15, 0.2) is 12.2 Å². The molecule has 0 aliphatic rings. The fourth-order valence-electron chi connectivity index (χ4n) is 1.59. The Kier molecular flexibility index (Phi) is 6.39. The van der Waals surface area contributed by atoms with Crippen molar-refractivity contribution in [3.63, 3.8) is 0 Å². The van der Waals surface area contributed by atoms with E-state index in [1.54, 1.807) is 24.3 Å². The topological polar surface area (TPSA) is 88.4 Å². The molecule has 0 aliphatic carbocycles. The third kappa shape index (κ3) is 5.44. The van der Waals surface area contributed by atoms with Crippen LogP contribution in [0.25, 0.3) is 0 Å². The molecule has 0 heterocycles. The van der Waals surface area contributed by atoms with Crippen LogP contribution >= 0.6 is 0 Å². The summed E-state index contributed by atoms with van der Waals surface area (Å²) >= 11 is 0. The number of nitrogens with zero attached hydrogens (tertiary/aromatic N) is 1. The van der Waals surface area contributed by atoms with Gasteiger partial charge in [-0.2, -0.15) is 5.26 Å². The Labute approximate surface area is 130 Å². The van der Waals surface area contributed by atoms with E-state index >= 15 is 0 Å². The van der Waals surface area contributed by atoms with E-state index < -0.39 is 18.2 Å². The van der Waals surface area contributed by atoms with Gasteiger partial charge >= 0.3 is 5.97 Å². The van der Waals surface area contributed by atoms with Crippen LogP contribution in [0.1, 0.15) is 33.3 Å². The van der Waals surface area contributed by atoms with Crippen LogP contribution < -0.4 is 10.1 Å². The first kappa shape index (κ1) is 17.5. The van der Waals surface area contributed by atoms with Gasteiger partial charge in [-0.1, -0.05) is 0 Å². The van der Waals surface area contributed by atoms with E-state index in [0.29, 0.717) is 11.3 Å². The second-order valence-electron chi connectivity index (χ2n) is 5.14. The summed E-state index contributed by atoms with van der Waals surface area (Å²) in [5.74, 6) is -0.535. The first-order valence-electron chi connectivity index (χ1n) is 7.01. The number of hydrogen-bond donors (Lipinski definition) is 1. The zero-order valence-electron chi connectivity index (χ0n) is 13.1. The number of rotatable bonds is 6. The number of amides is 1. The van der Waals surface area contributed by atoms with E-state index in [1.165, 1.54) is 13.8 Å². The third-order valence-corrected chi connectivity index (χ3v) is 2.72. The Morgan fingerprint density at radius 1 is 1.09 bits per heavy atom. The number of benzene rings is 1. The van der Waals surface area contributed by atoms with Crippen molar-refractivity contribution >= 4 is 11.9 Å². The second kappa shape index (κ2) is 8.03. The van der Waals surface area contributed by atoms with Crippen LogP contribution in [0.5, 0.6) is 5.75 Å². The average Bonchev–Trinajstić information content (AvgIpc) is 2.47. The van der Waals surface area contributed by atoms with Crippen LogP contribution in [-0.4, -0.2) is 30.1 Å². The molecule has 0 saturated heterocycles. The quantitative estimate of drug-likeness (QED) is 0.809. The lowest BCUT2D eigenvalue weighted by atomic mass is 10.2. The summed E-state index contributed by atoms with van der Waals surface area (Å²) in [7, 11) is 0. The maximum atomic E-state index is 11.9. The molecule has 22 heavy (non-hydrogen) atoms. The molecule has 118 valence electrons. The van der Waals surface area contributed by atoms with Crippen molar-refractivity contribution in [3.8, 4) is 11.8 Å². The maximum absolute atomic E-state index is 11.9. The van der Waals surface area contributed by atoms with E-state index in [-0.39, 0.29) is 11.9 Å². The Hall–Kier alpha value is -2.55. The van der Waals surface area contributed by atoms with E-state index in [4.69, 9.17) is 14.7 Å². The van der Waals surface area contributed by atoms with Crippen LogP contribution in [0.3, 0.4) is 0 Å². The molecule has 0 aromatic heterocycles. The molecule has 1 aromatic carbocycles. The number of carbonyl (C=O) groups is 2. The fourth-order valence-corrected chi connectivity index (χ4v) is 1.59. The molecule has 1 rings (SSSR count). The SMILES string of the molecule is CC(C)NC(=O)[C@H](C)OC(=O)[C@@H](C)Oc1ccc(C#N)cc1. The van der Waals surface area contributed by atoms with Crippen molar-refractivity contribution in [2.24, 2.45) is 0 Å². The number of hydrogen-bond acceptors (Lipinski definition) is 5. The summed E-state index contributed by atoms with van der Waals surface area (Å²) in [5.41, 5.74) is 0.501. The lowest BCUT2D eigenvalue weighted by molar-refractivity contribution is -0.161. The summed E-state index contributed by atoms with van der Waals surface area (Å²) in [5, 5.41) is 11.4. The smallest absolute Gasteiger partial charge is 0.347 e. The van der Waals surface area contributed by atoms with Crippen molar-refractivity contribution in [2.45, 2.75) is 45.9 Å². The van der Waals surface area contributed by atoms with Crippen LogP contribution in [0.4, 0.5) is 0 Å². The van der Waals surface area contributed by atoms with Gasteiger partial charge in [0, 0.05) is 6.04 Å². The molecule has 1 aromatic rings. The molecule has 2 atom stereocenters. The van der Waals surface area contributed by atoms with E-state index in [2.05, 4.69) is 5.32 Å². The van der Waals surface area contributed by atoms with Gasteiger partial charge in [-0.05, 0) is 52.0 Å². The molecule has 1 N–H and O–H groups in total.